The summed E-state index contributed by atoms with van der Waals surface area (Å²) in [6.07, 6.45) is -0.923. The van der Waals surface area contributed by atoms with Gasteiger partial charge in [-0.1, -0.05) is 18.2 Å². The molecule has 0 unspecified atom stereocenters. The molecule has 5 nitrogen and oxygen atoms in total. The van der Waals surface area contributed by atoms with Crippen LogP contribution in [0.5, 0.6) is 0 Å². The lowest BCUT2D eigenvalue weighted by atomic mass is 10.1. The lowest BCUT2D eigenvalue weighted by molar-refractivity contribution is -0.137. The number of nitrogens with one attached hydrogen (secondary N) is 1. The number of piperazine rings is 1. The standard InChI is InChI=1S/C20H20F3N5/c1-14-5-6-18(24-12-14)27-7-9-28(10-8-27)19-25-13-17(26-19)15-3-2-4-16(11-15)20(21,22)23/h2-6,11-13H,7-10H2,1H3,(H,25,26). The van der Waals surface area contributed by atoms with E-state index in [-0.39, 0.29) is 0 Å². The number of hydrogen-bond acceptors (Lipinski definition) is 4. The third-order valence-corrected chi connectivity index (χ3v) is 4.86. The first-order valence-corrected chi connectivity index (χ1v) is 9.05. The highest BCUT2D eigenvalue weighted by Gasteiger charge is 2.30. The number of pyridine rings is 1. The molecule has 0 saturated carbocycles. The monoisotopic (exact) mass is 387 g/mol. The summed E-state index contributed by atoms with van der Waals surface area (Å²) in [4.78, 5) is 16.3. The maximum Gasteiger partial charge on any atom is 0.416 e. The van der Waals surface area contributed by atoms with Crippen LogP contribution in [-0.4, -0.2) is 41.1 Å². The van der Waals surface area contributed by atoms with E-state index >= 15 is 0 Å². The molecule has 28 heavy (non-hydrogen) atoms. The van der Waals surface area contributed by atoms with Gasteiger partial charge in [0.1, 0.15) is 5.82 Å². The SMILES string of the molecule is Cc1ccc(N2CCN(c3ncc(-c4cccc(C(F)(F)F)c4)[nH]3)CC2)nc1. The Morgan fingerprint density at radius 3 is 2.36 bits per heavy atom. The molecule has 1 saturated heterocycles. The number of alkyl halides is 3. The number of anilines is 2. The predicted molar refractivity (Wildman–Crippen MR) is 102 cm³/mol. The molecule has 0 bridgehead atoms. The van der Waals surface area contributed by atoms with Gasteiger partial charge in [-0.05, 0) is 30.7 Å². The fraction of sp³-hybridized carbons (Fsp3) is 0.300. The highest BCUT2D eigenvalue weighted by Crippen LogP contribution is 2.32. The minimum Gasteiger partial charge on any atom is -0.353 e. The molecule has 0 amide bonds. The molecular formula is C20H20F3N5. The number of benzene rings is 1. The average molecular weight is 387 g/mol. The highest BCUT2D eigenvalue weighted by atomic mass is 19.4. The molecule has 0 atom stereocenters. The van der Waals surface area contributed by atoms with E-state index in [4.69, 9.17) is 0 Å². The van der Waals surface area contributed by atoms with Gasteiger partial charge in [-0.3, -0.25) is 0 Å². The second-order valence-corrected chi connectivity index (χ2v) is 6.87. The molecule has 146 valence electrons. The topological polar surface area (TPSA) is 48.0 Å². The van der Waals surface area contributed by atoms with Crippen LogP contribution in [0.1, 0.15) is 11.1 Å². The van der Waals surface area contributed by atoms with Gasteiger partial charge >= 0.3 is 6.18 Å². The number of halogens is 3. The van der Waals surface area contributed by atoms with Crippen LogP contribution in [0.25, 0.3) is 11.3 Å². The van der Waals surface area contributed by atoms with Gasteiger partial charge in [-0.25, -0.2) is 9.97 Å². The van der Waals surface area contributed by atoms with Crippen molar-refractivity contribution >= 4 is 11.8 Å². The maximum absolute atomic E-state index is 12.9. The maximum atomic E-state index is 12.9. The van der Waals surface area contributed by atoms with E-state index in [1.165, 1.54) is 6.07 Å². The van der Waals surface area contributed by atoms with Gasteiger partial charge in [0.25, 0.3) is 0 Å². The first-order valence-electron chi connectivity index (χ1n) is 9.05. The number of H-pyrrole nitrogens is 1. The summed E-state index contributed by atoms with van der Waals surface area (Å²) in [7, 11) is 0. The van der Waals surface area contributed by atoms with Crippen LogP contribution in [0.3, 0.4) is 0 Å². The number of hydrogen-bond donors (Lipinski definition) is 1. The van der Waals surface area contributed by atoms with Crippen LogP contribution in [0.15, 0.2) is 48.8 Å². The van der Waals surface area contributed by atoms with E-state index in [0.717, 1.165) is 49.7 Å². The number of aryl methyl sites for hydroxylation is 1. The van der Waals surface area contributed by atoms with Gasteiger partial charge in [0.05, 0.1) is 17.5 Å². The Kier molecular flexibility index (Phi) is 4.70. The molecule has 1 aliphatic heterocycles. The van der Waals surface area contributed by atoms with Crippen molar-refractivity contribution in [3.8, 4) is 11.3 Å². The van der Waals surface area contributed by atoms with Gasteiger partial charge in [0, 0.05) is 37.9 Å². The summed E-state index contributed by atoms with van der Waals surface area (Å²) in [5.74, 6) is 1.62. The predicted octanol–water partition coefficient (Wildman–Crippen LogP) is 4.13. The summed E-state index contributed by atoms with van der Waals surface area (Å²) >= 11 is 0. The van der Waals surface area contributed by atoms with Crippen molar-refractivity contribution in [2.45, 2.75) is 13.1 Å². The molecule has 3 heterocycles. The third-order valence-electron chi connectivity index (χ3n) is 4.86. The molecule has 1 fully saturated rings. The Labute approximate surface area is 160 Å². The largest absolute Gasteiger partial charge is 0.416 e. The Hall–Kier alpha value is -3.03. The molecule has 8 heteroatoms. The second kappa shape index (κ2) is 7.18. The van der Waals surface area contributed by atoms with Crippen LogP contribution >= 0.6 is 0 Å². The van der Waals surface area contributed by atoms with Gasteiger partial charge in [0.15, 0.2) is 0 Å². The smallest absolute Gasteiger partial charge is 0.353 e. The number of rotatable bonds is 3. The van der Waals surface area contributed by atoms with Crippen LogP contribution in [0, 0.1) is 6.92 Å². The minimum absolute atomic E-state index is 0.469. The lowest BCUT2D eigenvalue weighted by Gasteiger charge is -2.35. The first kappa shape index (κ1) is 18.3. The van der Waals surface area contributed by atoms with Crippen molar-refractivity contribution in [1.82, 2.24) is 15.0 Å². The molecule has 4 rings (SSSR count). The van der Waals surface area contributed by atoms with Crippen LogP contribution in [0.2, 0.25) is 0 Å². The van der Waals surface area contributed by atoms with E-state index in [1.54, 1.807) is 12.3 Å². The lowest BCUT2D eigenvalue weighted by Crippen LogP contribution is -2.47. The second-order valence-electron chi connectivity index (χ2n) is 6.87. The summed E-state index contributed by atoms with van der Waals surface area (Å²) in [6.45, 7) is 5.12. The molecule has 3 aromatic rings. The zero-order valence-electron chi connectivity index (χ0n) is 15.4. The molecule has 0 spiro atoms. The molecular weight excluding hydrogens is 367 g/mol. The third kappa shape index (κ3) is 3.81. The zero-order valence-corrected chi connectivity index (χ0v) is 15.4. The number of imidazole rings is 1. The Balaban J connectivity index is 1.45. The van der Waals surface area contributed by atoms with Crippen molar-refractivity contribution in [1.29, 1.82) is 0 Å². The molecule has 0 radical (unpaired) electrons. The Morgan fingerprint density at radius 1 is 0.929 bits per heavy atom. The fourth-order valence-corrected chi connectivity index (χ4v) is 3.28. The number of aromatic nitrogens is 3. The van der Waals surface area contributed by atoms with Crippen molar-refractivity contribution in [2.75, 3.05) is 36.0 Å². The van der Waals surface area contributed by atoms with E-state index < -0.39 is 11.7 Å². The van der Waals surface area contributed by atoms with Crippen molar-refractivity contribution in [2.24, 2.45) is 0 Å². The summed E-state index contributed by atoms with van der Waals surface area (Å²) < 4.78 is 38.8. The van der Waals surface area contributed by atoms with Crippen molar-refractivity contribution in [3.05, 3.63) is 59.9 Å². The molecule has 1 N–H and O–H groups in total. The van der Waals surface area contributed by atoms with Crippen LogP contribution in [-0.2, 0) is 6.18 Å². The molecule has 1 aliphatic rings. The van der Waals surface area contributed by atoms with Crippen molar-refractivity contribution in [3.63, 3.8) is 0 Å². The fourth-order valence-electron chi connectivity index (χ4n) is 3.28. The minimum atomic E-state index is -4.36. The highest BCUT2D eigenvalue weighted by molar-refractivity contribution is 5.62. The normalized spacial score (nSPS) is 15.1. The number of nitrogens with zero attached hydrogens (tertiary/aromatic N) is 4. The van der Waals surface area contributed by atoms with Crippen LogP contribution < -0.4 is 9.80 Å². The van der Waals surface area contributed by atoms with Gasteiger partial charge in [-0.2, -0.15) is 13.2 Å². The average Bonchev–Trinajstić information content (AvgIpc) is 3.18. The van der Waals surface area contributed by atoms with E-state index in [1.807, 2.05) is 25.3 Å². The zero-order chi connectivity index (χ0) is 19.7. The van der Waals surface area contributed by atoms with Gasteiger partial charge < -0.3 is 14.8 Å². The van der Waals surface area contributed by atoms with E-state index in [9.17, 15) is 13.2 Å². The van der Waals surface area contributed by atoms with Crippen LogP contribution in [0.4, 0.5) is 24.9 Å². The Morgan fingerprint density at radius 2 is 1.68 bits per heavy atom. The summed E-state index contributed by atoms with van der Waals surface area (Å²) in [6, 6.07) is 9.32. The van der Waals surface area contributed by atoms with E-state index in [0.29, 0.717) is 17.2 Å². The quantitative estimate of drug-likeness (QED) is 0.734. The first-order chi connectivity index (χ1) is 13.4. The molecule has 0 aliphatic carbocycles. The summed E-state index contributed by atoms with van der Waals surface area (Å²) in [5.41, 5.74) is 1.50. The Bertz CT molecular complexity index is 941. The van der Waals surface area contributed by atoms with Gasteiger partial charge in [0.2, 0.25) is 5.95 Å². The van der Waals surface area contributed by atoms with Crippen molar-refractivity contribution < 1.29 is 13.2 Å². The summed E-state index contributed by atoms with van der Waals surface area (Å²) in [5, 5.41) is 0. The van der Waals surface area contributed by atoms with E-state index in [2.05, 4.69) is 24.8 Å². The molecule has 2 aromatic heterocycles. The van der Waals surface area contributed by atoms with Gasteiger partial charge in [-0.15, -0.1) is 0 Å². The molecule has 1 aromatic carbocycles. The number of aromatic amines is 1.